The van der Waals surface area contributed by atoms with Crippen LogP contribution in [-0.2, 0) is 0 Å². The van der Waals surface area contributed by atoms with Crippen LogP contribution >= 0.6 is 0 Å². The molecule has 0 aliphatic rings. The summed E-state index contributed by atoms with van der Waals surface area (Å²) < 4.78 is 0. The molecule has 0 saturated heterocycles. The molecule has 0 aliphatic heterocycles. The highest BCUT2D eigenvalue weighted by Gasteiger charge is 2.15. The van der Waals surface area contributed by atoms with Crippen LogP contribution in [0.3, 0.4) is 0 Å². The lowest BCUT2D eigenvalue weighted by atomic mass is 10.0. The highest BCUT2D eigenvalue weighted by molar-refractivity contribution is 5.31. The highest BCUT2D eigenvalue weighted by Crippen LogP contribution is 2.22. The quantitative estimate of drug-likeness (QED) is 0.859. The van der Waals surface area contributed by atoms with Crippen molar-refractivity contribution in [2.24, 2.45) is 0 Å². The van der Waals surface area contributed by atoms with Gasteiger partial charge in [-0.25, -0.2) is 9.97 Å². The largest absolute Gasteiger partial charge is 0.380 e. The van der Waals surface area contributed by atoms with Crippen molar-refractivity contribution >= 4 is 0 Å². The predicted octanol–water partition coefficient (Wildman–Crippen LogP) is 2.48. The second-order valence-corrected chi connectivity index (χ2v) is 4.27. The Balaban J connectivity index is 2.43. The zero-order valence-corrected chi connectivity index (χ0v) is 10.3. The molecule has 2 rings (SSSR count). The summed E-state index contributed by atoms with van der Waals surface area (Å²) in [6.07, 6.45) is -0.755. The van der Waals surface area contributed by atoms with Gasteiger partial charge in [-0.1, -0.05) is 24.3 Å². The minimum atomic E-state index is -0.755. The molecule has 3 nitrogen and oxygen atoms in total. The van der Waals surface area contributed by atoms with E-state index >= 15 is 0 Å². The number of benzene rings is 1. The zero-order chi connectivity index (χ0) is 12.4. The van der Waals surface area contributed by atoms with E-state index in [1.54, 1.807) is 0 Å². The van der Waals surface area contributed by atoms with Crippen LogP contribution in [0.4, 0.5) is 0 Å². The minimum absolute atomic E-state index is 0.469. The normalized spacial score (nSPS) is 12.5. The van der Waals surface area contributed by atoms with Crippen LogP contribution in [0, 0.1) is 20.8 Å². The topological polar surface area (TPSA) is 46.0 Å². The lowest BCUT2D eigenvalue weighted by Crippen LogP contribution is -2.08. The van der Waals surface area contributed by atoms with Gasteiger partial charge in [0.1, 0.15) is 6.10 Å². The minimum Gasteiger partial charge on any atom is -0.380 e. The maximum Gasteiger partial charge on any atom is 0.161 e. The van der Waals surface area contributed by atoms with E-state index < -0.39 is 6.10 Å². The molecule has 0 amide bonds. The second kappa shape index (κ2) is 4.63. The fourth-order valence-corrected chi connectivity index (χ4v) is 1.91. The van der Waals surface area contributed by atoms with E-state index in [2.05, 4.69) is 9.97 Å². The van der Waals surface area contributed by atoms with Crippen molar-refractivity contribution in [3.05, 3.63) is 58.7 Å². The number of hydrogen-bond acceptors (Lipinski definition) is 3. The highest BCUT2D eigenvalue weighted by atomic mass is 16.3. The smallest absolute Gasteiger partial charge is 0.161 e. The number of aromatic nitrogens is 2. The van der Waals surface area contributed by atoms with Crippen LogP contribution in [0.15, 0.2) is 30.3 Å². The first-order valence-corrected chi connectivity index (χ1v) is 5.63. The standard InChI is InChI=1S/C14H16N2O/c1-9-6-4-5-7-12(9)13(17)14-15-10(2)8-11(3)16-14/h4-8,13,17H,1-3H3. The first kappa shape index (κ1) is 11.7. The Morgan fingerprint density at radius 3 is 2.18 bits per heavy atom. The van der Waals surface area contributed by atoms with Gasteiger partial charge in [0.05, 0.1) is 0 Å². The third-order valence-corrected chi connectivity index (χ3v) is 2.73. The summed E-state index contributed by atoms with van der Waals surface area (Å²) in [5, 5.41) is 10.3. The van der Waals surface area contributed by atoms with E-state index in [0.29, 0.717) is 5.82 Å². The molecule has 0 fully saturated rings. The Morgan fingerprint density at radius 1 is 1.00 bits per heavy atom. The van der Waals surface area contributed by atoms with Gasteiger partial charge in [-0.2, -0.15) is 0 Å². The average molecular weight is 228 g/mol. The van der Waals surface area contributed by atoms with E-state index in [1.807, 2.05) is 51.1 Å². The number of aliphatic hydroxyl groups excluding tert-OH is 1. The molecule has 2 aromatic rings. The first-order valence-electron chi connectivity index (χ1n) is 5.63. The molecule has 0 radical (unpaired) electrons. The molecule has 17 heavy (non-hydrogen) atoms. The number of aliphatic hydroxyl groups is 1. The van der Waals surface area contributed by atoms with E-state index in [4.69, 9.17) is 0 Å². The van der Waals surface area contributed by atoms with Crippen molar-refractivity contribution < 1.29 is 5.11 Å². The monoisotopic (exact) mass is 228 g/mol. The van der Waals surface area contributed by atoms with Crippen molar-refractivity contribution in [2.45, 2.75) is 26.9 Å². The molecule has 0 saturated carbocycles. The van der Waals surface area contributed by atoms with Gasteiger partial charge in [-0.05, 0) is 38.0 Å². The molecule has 0 bridgehead atoms. The van der Waals surface area contributed by atoms with Crippen molar-refractivity contribution in [1.29, 1.82) is 0 Å². The molecule has 0 spiro atoms. The van der Waals surface area contributed by atoms with Gasteiger partial charge in [0.15, 0.2) is 5.82 Å². The third kappa shape index (κ3) is 2.50. The fraction of sp³-hybridized carbons (Fsp3) is 0.286. The summed E-state index contributed by atoms with van der Waals surface area (Å²) in [7, 11) is 0. The summed E-state index contributed by atoms with van der Waals surface area (Å²) in [4.78, 5) is 8.58. The van der Waals surface area contributed by atoms with E-state index in [1.165, 1.54) is 0 Å². The Hall–Kier alpha value is -1.74. The Kier molecular flexibility index (Phi) is 3.20. The van der Waals surface area contributed by atoms with Gasteiger partial charge in [0, 0.05) is 11.4 Å². The van der Waals surface area contributed by atoms with Gasteiger partial charge >= 0.3 is 0 Å². The molecule has 1 aromatic carbocycles. The van der Waals surface area contributed by atoms with Crippen LogP contribution in [0.25, 0.3) is 0 Å². The molecular weight excluding hydrogens is 212 g/mol. The predicted molar refractivity (Wildman–Crippen MR) is 66.7 cm³/mol. The molecule has 1 N–H and O–H groups in total. The van der Waals surface area contributed by atoms with Crippen molar-refractivity contribution in [1.82, 2.24) is 9.97 Å². The lowest BCUT2D eigenvalue weighted by molar-refractivity contribution is 0.208. The second-order valence-electron chi connectivity index (χ2n) is 4.27. The summed E-state index contributed by atoms with van der Waals surface area (Å²) in [6, 6.07) is 9.64. The van der Waals surface area contributed by atoms with Crippen LogP contribution in [0.1, 0.15) is 34.4 Å². The van der Waals surface area contributed by atoms with Crippen LogP contribution in [0.5, 0.6) is 0 Å². The third-order valence-electron chi connectivity index (χ3n) is 2.73. The van der Waals surface area contributed by atoms with Crippen molar-refractivity contribution in [2.75, 3.05) is 0 Å². The maximum atomic E-state index is 10.3. The number of aryl methyl sites for hydroxylation is 3. The van der Waals surface area contributed by atoms with E-state index in [-0.39, 0.29) is 0 Å². The number of nitrogens with zero attached hydrogens (tertiary/aromatic N) is 2. The van der Waals surface area contributed by atoms with Gasteiger partial charge in [-0.3, -0.25) is 0 Å². The zero-order valence-electron chi connectivity index (χ0n) is 10.3. The van der Waals surface area contributed by atoms with Gasteiger partial charge in [-0.15, -0.1) is 0 Å². The van der Waals surface area contributed by atoms with Gasteiger partial charge in [0.25, 0.3) is 0 Å². The lowest BCUT2D eigenvalue weighted by Gasteiger charge is -2.13. The molecule has 3 heteroatoms. The van der Waals surface area contributed by atoms with E-state index in [9.17, 15) is 5.11 Å². The Bertz CT molecular complexity index is 517. The van der Waals surface area contributed by atoms with Gasteiger partial charge in [0.2, 0.25) is 0 Å². The SMILES string of the molecule is Cc1cc(C)nc(C(O)c2ccccc2C)n1. The van der Waals surface area contributed by atoms with Crippen LogP contribution in [-0.4, -0.2) is 15.1 Å². The molecule has 88 valence electrons. The Morgan fingerprint density at radius 2 is 1.59 bits per heavy atom. The molecule has 1 unspecified atom stereocenters. The average Bonchev–Trinajstić information content (AvgIpc) is 2.27. The van der Waals surface area contributed by atoms with Crippen molar-refractivity contribution in [3.8, 4) is 0 Å². The van der Waals surface area contributed by atoms with Crippen LogP contribution in [0.2, 0.25) is 0 Å². The van der Waals surface area contributed by atoms with Crippen LogP contribution < -0.4 is 0 Å². The summed E-state index contributed by atoms with van der Waals surface area (Å²) >= 11 is 0. The molecule has 1 atom stereocenters. The van der Waals surface area contributed by atoms with Gasteiger partial charge < -0.3 is 5.11 Å². The number of hydrogen-bond donors (Lipinski definition) is 1. The summed E-state index contributed by atoms with van der Waals surface area (Å²) in [5.41, 5.74) is 3.65. The number of rotatable bonds is 2. The van der Waals surface area contributed by atoms with E-state index in [0.717, 1.165) is 22.5 Å². The molecular formula is C14H16N2O. The Labute approximate surface area is 101 Å². The summed E-state index contributed by atoms with van der Waals surface area (Å²) in [5.74, 6) is 0.469. The fourth-order valence-electron chi connectivity index (χ4n) is 1.91. The maximum absolute atomic E-state index is 10.3. The summed E-state index contributed by atoms with van der Waals surface area (Å²) in [6.45, 7) is 5.78. The molecule has 1 aromatic heterocycles. The molecule has 1 heterocycles. The van der Waals surface area contributed by atoms with Crippen molar-refractivity contribution in [3.63, 3.8) is 0 Å². The molecule has 0 aliphatic carbocycles. The first-order chi connectivity index (χ1) is 8.08.